The molecule has 152 valence electrons. The van der Waals surface area contributed by atoms with E-state index in [0.29, 0.717) is 0 Å². The first-order chi connectivity index (χ1) is 12.1. The molecule has 0 amide bonds. The summed E-state index contributed by atoms with van der Waals surface area (Å²) >= 11 is 3.96. The van der Waals surface area contributed by atoms with Crippen LogP contribution in [0.2, 0.25) is 0 Å². The SMILES string of the molecule is C1=CCCC(SC2=CC=C(SC3=CC=CCC3)CC2)=C1.FP(F)(F)(F)F.[F-]. The van der Waals surface area contributed by atoms with Gasteiger partial charge < -0.3 is 4.70 Å². The molecule has 0 nitrogen and oxygen atoms in total. The van der Waals surface area contributed by atoms with Crippen molar-refractivity contribution in [1.82, 2.24) is 0 Å². The molecular weight excluding hydrogens is 425 g/mol. The zero-order valence-electron chi connectivity index (χ0n) is 14.4. The molecule has 0 aromatic heterocycles. The first kappa shape index (κ1) is 24.2. The third-order valence-electron chi connectivity index (χ3n) is 3.55. The summed E-state index contributed by atoms with van der Waals surface area (Å²) in [5.74, 6) is 0. The molecular formula is C18H20F6PS2-. The Balaban J connectivity index is 0.000000456. The van der Waals surface area contributed by atoms with E-state index in [1.54, 1.807) is 0 Å². The minimum absolute atomic E-state index is 0. The second-order valence-electron chi connectivity index (χ2n) is 5.81. The third-order valence-corrected chi connectivity index (χ3v) is 5.96. The van der Waals surface area contributed by atoms with Gasteiger partial charge in [0, 0.05) is 0 Å². The number of rotatable bonds is 4. The Kier molecular flexibility index (Phi) is 9.52. The van der Waals surface area contributed by atoms with Crippen LogP contribution in [-0.2, 0) is 0 Å². The van der Waals surface area contributed by atoms with Gasteiger partial charge in [-0.2, -0.15) is 0 Å². The maximum Gasteiger partial charge on any atom is -1.00 e. The molecule has 3 aliphatic carbocycles. The van der Waals surface area contributed by atoms with Gasteiger partial charge in [-0.3, -0.25) is 0 Å². The van der Waals surface area contributed by atoms with E-state index in [4.69, 9.17) is 0 Å². The monoisotopic (exact) mass is 445 g/mol. The molecule has 0 atom stereocenters. The van der Waals surface area contributed by atoms with Crippen LogP contribution in [0.1, 0.15) is 38.5 Å². The van der Waals surface area contributed by atoms with Crippen molar-refractivity contribution in [2.45, 2.75) is 38.5 Å². The zero-order chi connectivity index (χ0) is 19.1. The topological polar surface area (TPSA) is 0 Å². The minimum atomic E-state index is -8.55. The van der Waals surface area contributed by atoms with Crippen LogP contribution in [0.15, 0.2) is 68.2 Å². The summed E-state index contributed by atoms with van der Waals surface area (Å²) < 4.78 is 49.2. The molecule has 9 heteroatoms. The molecule has 0 radical (unpaired) electrons. The van der Waals surface area contributed by atoms with Crippen molar-refractivity contribution in [3.8, 4) is 0 Å². The Hall–Kier alpha value is -0.850. The first-order valence-electron chi connectivity index (χ1n) is 8.21. The molecule has 0 fully saturated rings. The molecule has 0 unspecified atom stereocenters. The smallest absolute Gasteiger partial charge is 1.00 e. The van der Waals surface area contributed by atoms with Crippen LogP contribution in [-0.4, -0.2) is 0 Å². The molecule has 0 N–H and O–H groups in total. The summed E-state index contributed by atoms with van der Waals surface area (Å²) in [7, 11) is -8.55. The van der Waals surface area contributed by atoms with Gasteiger partial charge in [0.25, 0.3) is 0 Å². The normalized spacial score (nSPS) is 20.6. The summed E-state index contributed by atoms with van der Waals surface area (Å²) in [6, 6.07) is 0. The largest absolute Gasteiger partial charge is 1.00 e. The Morgan fingerprint density at radius 1 is 0.593 bits per heavy atom. The fourth-order valence-electron chi connectivity index (χ4n) is 2.44. The van der Waals surface area contributed by atoms with E-state index < -0.39 is 8.16 Å². The molecule has 0 aliphatic heterocycles. The van der Waals surface area contributed by atoms with Crippen molar-refractivity contribution in [1.29, 1.82) is 0 Å². The third kappa shape index (κ3) is 12.3. The summed E-state index contributed by atoms with van der Waals surface area (Å²) in [6.45, 7) is 0. The number of hydrogen-bond donors (Lipinski definition) is 0. The van der Waals surface area contributed by atoms with Gasteiger partial charge >= 0.3 is 29.1 Å². The molecule has 3 rings (SSSR count). The quantitative estimate of drug-likeness (QED) is 0.360. The van der Waals surface area contributed by atoms with Crippen molar-refractivity contribution >= 4 is 31.7 Å². The van der Waals surface area contributed by atoms with Gasteiger partial charge in [-0.15, -0.1) is 0 Å². The summed E-state index contributed by atoms with van der Waals surface area (Å²) in [5.41, 5.74) is 0. The van der Waals surface area contributed by atoms with E-state index in [1.807, 2.05) is 23.5 Å². The Morgan fingerprint density at radius 3 is 1.19 bits per heavy atom. The van der Waals surface area contributed by atoms with Crippen molar-refractivity contribution in [3.63, 3.8) is 0 Å². The first-order valence-corrected chi connectivity index (χ1v) is 11.5. The zero-order valence-corrected chi connectivity index (χ0v) is 16.9. The second kappa shape index (κ2) is 10.6. The maximum absolute atomic E-state index is 9.84. The van der Waals surface area contributed by atoms with Crippen molar-refractivity contribution in [2.24, 2.45) is 0 Å². The van der Waals surface area contributed by atoms with Crippen molar-refractivity contribution in [3.05, 3.63) is 68.2 Å². The summed E-state index contributed by atoms with van der Waals surface area (Å²) in [6.07, 6.45) is 25.3. The van der Waals surface area contributed by atoms with Gasteiger partial charge in [-0.25, -0.2) is 0 Å². The average Bonchev–Trinajstić information content (AvgIpc) is 2.56. The van der Waals surface area contributed by atoms with E-state index >= 15 is 0 Å². The van der Waals surface area contributed by atoms with E-state index in [0.717, 1.165) is 0 Å². The Labute approximate surface area is 164 Å². The average molecular weight is 445 g/mol. The van der Waals surface area contributed by atoms with Gasteiger partial charge in [-0.1, -0.05) is 72.1 Å². The second-order valence-corrected chi connectivity index (χ2v) is 9.59. The van der Waals surface area contributed by atoms with Crippen LogP contribution in [0.3, 0.4) is 0 Å². The number of allylic oxidation sites excluding steroid dienone is 12. The van der Waals surface area contributed by atoms with E-state index in [2.05, 4.69) is 48.6 Å². The van der Waals surface area contributed by atoms with E-state index in [1.165, 1.54) is 58.1 Å². The minimum Gasteiger partial charge on any atom is -1.00 e. The molecule has 0 aromatic rings. The van der Waals surface area contributed by atoms with Crippen LogP contribution in [0, 0.1) is 0 Å². The Morgan fingerprint density at radius 2 is 0.926 bits per heavy atom. The summed E-state index contributed by atoms with van der Waals surface area (Å²) in [4.78, 5) is 6.08. The van der Waals surface area contributed by atoms with Gasteiger partial charge in [0.2, 0.25) is 0 Å². The van der Waals surface area contributed by atoms with Crippen molar-refractivity contribution < 1.29 is 25.7 Å². The molecule has 0 saturated carbocycles. The number of thioether (sulfide) groups is 2. The van der Waals surface area contributed by atoms with Crippen LogP contribution in [0.25, 0.3) is 0 Å². The Bertz CT molecular complexity index is 629. The molecule has 27 heavy (non-hydrogen) atoms. The van der Waals surface area contributed by atoms with Crippen LogP contribution in [0.5, 0.6) is 0 Å². The predicted octanol–water partition coefficient (Wildman–Crippen LogP) is 6.45. The molecule has 0 bridgehead atoms. The predicted molar refractivity (Wildman–Crippen MR) is 106 cm³/mol. The number of halogens is 6. The molecule has 0 spiro atoms. The standard InChI is InChI=1S/C18H20S2.F5P.FH/c1-3-7-15(8-4-1)19-17-11-13-18(14-12-17)20-16-9-5-2-6-10-16;1-6(2,3,4)5;/h1-3,5,7,9,11,13H,4,6,8,10,12,14H2;;1H/p-1. The molecule has 3 aliphatic rings. The van der Waals surface area contributed by atoms with Crippen LogP contribution >= 0.6 is 31.7 Å². The van der Waals surface area contributed by atoms with Gasteiger partial charge in [-0.05, 0) is 58.1 Å². The molecule has 0 heterocycles. The number of hydrogen-bond acceptors (Lipinski definition) is 2. The van der Waals surface area contributed by atoms with Gasteiger partial charge in [0.1, 0.15) is 0 Å². The van der Waals surface area contributed by atoms with Crippen LogP contribution in [0.4, 0.5) is 21.0 Å². The van der Waals surface area contributed by atoms with Crippen LogP contribution < -0.4 is 4.70 Å². The fraction of sp³-hybridized carbons (Fsp3) is 0.333. The molecule has 0 saturated heterocycles. The maximum atomic E-state index is 9.84. The fourth-order valence-corrected chi connectivity index (χ4v) is 4.52. The molecule has 0 aromatic carbocycles. The summed E-state index contributed by atoms with van der Waals surface area (Å²) in [5, 5.41) is 0. The van der Waals surface area contributed by atoms with Gasteiger partial charge in [0.05, 0.1) is 0 Å². The van der Waals surface area contributed by atoms with E-state index in [9.17, 15) is 21.0 Å². The van der Waals surface area contributed by atoms with Gasteiger partial charge in [0.15, 0.2) is 0 Å². The van der Waals surface area contributed by atoms with Crippen molar-refractivity contribution in [2.75, 3.05) is 0 Å². The van der Waals surface area contributed by atoms with E-state index in [-0.39, 0.29) is 4.70 Å².